The van der Waals surface area contributed by atoms with Gasteiger partial charge >= 0.3 is 6.18 Å². The van der Waals surface area contributed by atoms with Gasteiger partial charge < -0.3 is 10.1 Å². The summed E-state index contributed by atoms with van der Waals surface area (Å²) in [5.74, 6) is -0.485. The topological polar surface area (TPSA) is 81.9 Å². The molecular weight excluding hydrogens is 387 g/mol. The van der Waals surface area contributed by atoms with Crippen LogP contribution in [0.2, 0.25) is 5.02 Å². The van der Waals surface area contributed by atoms with Gasteiger partial charge in [-0.15, -0.1) is 5.10 Å². The highest BCUT2D eigenvalue weighted by molar-refractivity contribution is 6.30. The molecule has 0 saturated heterocycles. The zero-order valence-corrected chi connectivity index (χ0v) is 14.2. The third-order valence-electron chi connectivity index (χ3n) is 3.38. The molecule has 140 valence electrons. The molecule has 0 saturated carbocycles. The first-order valence-corrected chi connectivity index (χ1v) is 7.84. The molecule has 2 aromatic carbocycles. The van der Waals surface area contributed by atoms with Crippen LogP contribution in [0, 0.1) is 0 Å². The number of halogens is 4. The summed E-state index contributed by atoms with van der Waals surface area (Å²) in [7, 11) is 0. The van der Waals surface area contributed by atoms with Crippen molar-refractivity contribution in [3.63, 3.8) is 0 Å². The lowest BCUT2D eigenvalue weighted by Crippen LogP contribution is -2.22. The van der Waals surface area contributed by atoms with Crippen LogP contribution in [0.4, 0.5) is 18.9 Å². The number of rotatable bonds is 5. The Hall–Kier alpha value is -3.14. The van der Waals surface area contributed by atoms with E-state index in [1.165, 1.54) is 17.1 Å². The smallest absolute Gasteiger partial charge is 0.418 e. The van der Waals surface area contributed by atoms with Crippen molar-refractivity contribution in [2.75, 3.05) is 11.9 Å². The molecule has 0 aliphatic rings. The first kappa shape index (κ1) is 18.6. The minimum Gasteiger partial charge on any atom is -0.481 e. The van der Waals surface area contributed by atoms with Crippen LogP contribution in [-0.4, -0.2) is 32.7 Å². The second-order valence-electron chi connectivity index (χ2n) is 5.25. The predicted molar refractivity (Wildman–Crippen MR) is 89.7 cm³/mol. The summed E-state index contributed by atoms with van der Waals surface area (Å²) in [6.45, 7) is -0.515. The van der Waals surface area contributed by atoms with Crippen molar-refractivity contribution in [3.05, 3.63) is 59.4 Å². The maximum absolute atomic E-state index is 13.1. The van der Waals surface area contributed by atoms with Crippen LogP contribution in [0.5, 0.6) is 5.75 Å². The van der Waals surface area contributed by atoms with Gasteiger partial charge in [-0.1, -0.05) is 23.7 Å². The first-order valence-electron chi connectivity index (χ1n) is 7.46. The molecule has 0 atom stereocenters. The molecule has 1 N–H and O–H groups in total. The van der Waals surface area contributed by atoms with Crippen molar-refractivity contribution in [2.24, 2.45) is 0 Å². The lowest BCUT2D eigenvalue weighted by atomic mass is 10.1. The van der Waals surface area contributed by atoms with Crippen LogP contribution in [0.15, 0.2) is 48.8 Å². The zero-order chi connectivity index (χ0) is 19.4. The van der Waals surface area contributed by atoms with E-state index in [9.17, 15) is 18.0 Å². The first-order chi connectivity index (χ1) is 12.8. The average molecular weight is 398 g/mol. The van der Waals surface area contributed by atoms with Crippen molar-refractivity contribution in [1.29, 1.82) is 0 Å². The Morgan fingerprint density at radius 3 is 2.70 bits per heavy atom. The van der Waals surface area contributed by atoms with E-state index in [0.29, 0.717) is 5.69 Å². The molecule has 0 fully saturated rings. The maximum Gasteiger partial charge on any atom is 0.418 e. The van der Waals surface area contributed by atoms with Gasteiger partial charge in [0, 0.05) is 5.02 Å². The number of alkyl halides is 3. The van der Waals surface area contributed by atoms with Gasteiger partial charge in [-0.3, -0.25) is 4.79 Å². The van der Waals surface area contributed by atoms with E-state index >= 15 is 0 Å². The third kappa shape index (κ3) is 4.53. The fourth-order valence-corrected chi connectivity index (χ4v) is 2.40. The molecule has 1 amide bonds. The number of aromatic nitrogens is 4. The molecule has 1 heterocycles. The third-order valence-corrected chi connectivity index (χ3v) is 3.62. The highest BCUT2D eigenvalue weighted by Crippen LogP contribution is 2.36. The van der Waals surface area contributed by atoms with Crippen LogP contribution in [0.25, 0.3) is 5.69 Å². The number of carbonyl (C=O) groups is 1. The van der Waals surface area contributed by atoms with Crippen molar-refractivity contribution in [3.8, 4) is 11.4 Å². The van der Waals surface area contributed by atoms with Gasteiger partial charge in [0.2, 0.25) is 0 Å². The van der Waals surface area contributed by atoms with Gasteiger partial charge in [-0.25, -0.2) is 0 Å². The summed E-state index contributed by atoms with van der Waals surface area (Å²) in [5, 5.41) is 12.8. The van der Waals surface area contributed by atoms with E-state index in [1.807, 2.05) is 0 Å². The molecule has 1 aromatic heterocycles. The number of ether oxygens (including phenoxy) is 1. The molecule has 0 bridgehead atoms. The number of hydrogen-bond acceptors (Lipinski definition) is 5. The number of anilines is 1. The summed E-state index contributed by atoms with van der Waals surface area (Å²) in [6, 6.07) is 9.69. The Morgan fingerprint density at radius 1 is 1.22 bits per heavy atom. The van der Waals surface area contributed by atoms with Gasteiger partial charge in [-0.2, -0.15) is 17.9 Å². The van der Waals surface area contributed by atoms with E-state index in [1.54, 1.807) is 24.3 Å². The Morgan fingerprint density at radius 2 is 2.00 bits per heavy atom. The Kier molecular flexibility index (Phi) is 5.26. The second-order valence-corrected chi connectivity index (χ2v) is 5.68. The number of amides is 1. The summed E-state index contributed by atoms with van der Waals surface area (Å²) >= 11 is 5.61. The van der Waals surface area contributed by atoms with Gasteiger partial charge in [0.1, 0.15) is 17.8 Å². The summed E-state index contributed by atoms with van der Waals surface area (Å²) in [5.41, 5.74) is -0.982. The number of tetrazole rings is 1. The van der Waals surface area contributed by atoms with Crippen LogP contribution < -0.4 is 10.1 Å². The van der Waals surface area contributed by atoms with E-state index in [-0.39, 0.29) is 10.8 Å². The minimum atomic E-state index is -4.67. The number of para-hydroxylation sites is 2. The largest absolute Gasteiger partial charge is 0.481 e. The maximum atomic E-state index is 13.1. The average Bonchev–Trinajstić information content (AvgIpc) is 3.15. The van der Waals surface area contributed by atoms with Crippen LogP contribution in [-0.2, 0) is 11.0 Å². The number of hydrogen-bond donors (Lipinski definition) is 1. The molecule has 3 aromatic rings. The summed E-state index contributed by atoms with van der Waals surface area (Å²) in [4.78, 5) is 12.1. The van der Waals surface area contributed by atoms with Crippen molar-refractivity contribution in [2.45, 2.75) is 6.18 Å². The lowest BCUT2D eigenvalue weighted by Gasteiger charge is -2.15. The molecule has 0 spiro atoms. The normalized spacial score (nSPS) is 11.3. The summed E-state index contributed by atoms with van der Waals surface area (Å²) < 4.78 is 46.0. The highest BCUT2D eigenvalue weighted by Gasteiger charge is 2.34. The quantitative estimate of drug-likeness (QED) is 0.714. The molecule has 0 aliphatic carbocycles. The van der Waals surface area contributed by atoms with Gasteiger partial charge in [0.25, 0.3) is 5.91 Å². The monoisotopic (exact) mass is 397 g/mol. The number of nitrogens with one attached hydrogen (secondary N) is 1. The number of benzene rings is 2. The minimum absolute atomic E-state index is 0.0908. The molecule has 0 unspecified atom stereocenters. The Bertz CT molecular complexity index is 947. The fraction of sp³-hybridized carbons (Fsp3) is 0.125. The van der Waals surface area contributed by atoms with Crippen LogP contribution in [0.1, 0.15) is 5.56 Å². The van der Waals surface area contributed by atoms with Crippen molar-refractivity contribution >= 4 is 23.2 Å². The molecule has 11 heteroatoms. The lowest BCUT2D eigenvalue weighted by molar-refractivity contribution is -0.137. The summed E-state index contributed by atoms with van der Waals surface area (Å²) in [6.07, 6.45) is -3.33. The number of carbonyl (C=O) groups excluding carboxylic acids is 1. The van der Waals surface area contributed by atoms with Gasteiger partial charge in [-0.05, 0) is 40.8 Å². The van der Waals surface area contributed by atoms with E-state index in [4.69, 9.17) is 16.3 Å². The SMILES string of the molecule is O=C(COc1ccccc1-n1cnnn1)Nc1ccc(Cl)cc1C(F)(F)F. The van der Waals surface area contributed by atoms with Crippen molar-refractivity contribution < 1.29 is 22.7 Å². The Labute approximate surface area is 155 Å². The van der Waals surface area contributed by atoms with Crippen LogP contribution in [0.3, 0.4) is 0 Å². The molecule has 0 aliphatic heterocycles. The molecule has 0 radical (unpaired) electrons. The second kappa shape index (κ2) is 7.62. The molecule has 27 heavy (non-hydrogen) atoms. The zero-order valence-electron chi connectivity index (χ0n) is 13.4. The van der Waals surface area contributed by atoms with E-state index in [2.05, 4.69) is 20.8 Å². The standard InChI is InChI=1S/C16H11ClF3N5O2/c17-10-5-6-12(11(7-10)16(18,19)20)22-15(26)8-27-14-4-2-1-3-13(14)25-9-21-23-24-25/h1-7,9H,8H2,(H,22,26). The number of nitrogens with zero attached hydrogens (tertiary/aromatic N) is 4. The van der Waals surface area contributed by atoms with Crippen molar-refractivity contribution in [1.82, 2.24) is 20.2 Å². The van der Waals surface area contributed by atoms with E-state index in [0.717, 1.165) is 12.1 Å². The van der Waals surface area contributed by atoms with Crippen LogP contribution >= 0.6 is 11.6 Å². The predicted octanol–water partition coefficient (Wildman–Crippen LogP) is 3.35. The van der Waals surface area contributed by atoms with E-state index < -0.39 is 29.9 Å². The van der Waals surface area contributed by atoms with Gasteiger partial charge in [0.15, 0.2) is 6.61 Å². The molecule has 3 rings (SSSR count). The molecular formula is C16H11ClF3N5O2. The van der Waals surface area contributed by atoms with Gasteiger partial charge in [0.05, 0.1) is 11.3 Å². The molecule has 7 nitrogen and oxygen atoms in total. The Balaban J connectivity index is 1.72. The fourth-order valence-electron chi connectivity index (χ4n) is 2.23. The highest BCUT2D eigenvalue weighted by atomic mass is 35.5.